The first-order valence-electron chi connectivity index (χ1n) is 11.4. The summed E-state index contributed by atoms with van der Waals surface area (Å²) in [7, 11) is 0. The SMILES string of the molecule is C=CC(C)C(F)(F)F.CC.CCNCCC[C@H]1Cc2cc(N/C(C)=C(/C)F)cc(C)c2N1. The van der Waals surface area contributed by atoms with Gasteiger partial charge in [-0.15, -0.1) is 6.58 Å². The van der Waals surface area contributed by atoms with Crippen LogP contribution in [-0.4, -0.2) is 25.3 Å². The highest BCUT2D eigenvalue weighted by molar-refractivity contribution is 5.68. The minimum Gasteiger partial charge on any atom is -0.382 e. The van der Waals surface area contributed by atoms with Crippen molar-refractivity contribution in [3.05, 3.63) is 47.4 Å². The average Bonchev–Trinajstić information content (AvgIpc) is 3.15. The molecular weight excluding hydrogens is 418 g/mol. The summed E-state index contributed by atoms with van der Waals surface area (Å²) >= 11 is 0. The molecule has 0 radical (unpaired) electrons. The molecule has 0 aliphatic carbocycles. The number of benzene rings is 1. The van der Waals surface area contributed by atoms with Crippen LogP contribution in [0.15, 0.2) is 36.3 Å². The van der Waals surface area contributed by atoms with Crippen LogP contribution in [-0.2, 0) is 6.42 Å². The van der Waals surface area contributed by atoms with Gasteiger partial charge in [0, 0.05) is 23.1 Å². The van der Waals surface area contributed by atoms with Gasteiger partial charge in [0.1, 0.15) is 5.83 Å². The summed E-state index contributed by atoms with van der Waals surface area (Å²) in [5.74, 6) is -1.56. The number of allylic oxidation sites excluding steroid dienone is 3. The minimum atomic E-state index is -4.11. The Kier molecular flexibility index (Phi) is 14.0. The van der Waals surface area contributed by atoms with Gasteiger partial charge in [-0.1, -0.05) is 33.8 Å². The number of hydrogen-bond donors (Lipinski definition) is 3. The number of halogens is 4. The Morgan fingerprint density at radius 1 is 1.28 bits per heavy atom. The molecule has 0 saturated carbocycles. The summed E-state index contributed by atoms with van der Waals surface area (Å²) in [5, 5.41) is 10.2. The van der Waals surface area contributed by atoms with Crippen LogP contribution in [0.2, 0.25) is 0 Å². The Morgan fingerprint density at radius 3 is 2.38 bits per heavy atom. The molecule has 0 aromatic heterocycles. The second-order valence-electron chi connectivity index (χ2n) is 7.72. The number of hydrogen-bond acceptors (Lipinski definition) is 3. The van der Waals surface area contributed by atoms with Crippen LogP contribution in [0.4, 0.5) is 28.9 Å². The van der Waals surface area contributed by atoms with Crippen molar-refractivity contribution >= 4 is 11.4 Å². The van der Waals surface area contributed by atoms with Gasteiger partial charge in [-0.25, -0.2) is 4.39 Å². The molecule has 2 rings (SSSR count). The van der Waals surface area contributed by atoms with E-state index in [-0.39, 0.29) is 5.83 Å². The molecule has 1 unspecified atom stereocenters. The van der Waals surface area contributed by atoms with Crippen molar-refractivity contribution in [3.63, 3.8) is 0 Å². The summed E-state index contributed by atoms with van der Waals surface area (Å²) in [6, 6.07) is 4.74. The molecule has 1 heterocycles. The van der Waals surface area contributed by atoms with Crippen molar-refractivity contribution in [1.29, 1.82) is 0 Å². The lowest BCUT2D eigenvalue weighted by atomic mass is 10.0. The van der Waals surface area contributed by atoms with Crippen molar-refractivity contribution in [2.75, 3.05) is 23.7 Å². The minimum absolute atomic E-state index is 0.169. The van der Waals surface area contributed by atoms with E-state index in [9.17, 15) is 17.6 Å². The number of nitrogens with one attached hydrogen (secondary N) is 3. The van der Waals surface area contributed by atoms with E-state index < -0.39 is 12.1 Å². The second kappa shape index (κ2) is 14.9. The first-order valence-corrected chi connectivity index (χ1v) is 11.4. The largest absolute Gasteiger partial charge is 0.394 e. The lowest BCUT2D eigenvalue weighted by Gasteiger charge is -2.13. The summed E-state index contributed by atoms with van der Waals surface area (Å²) < 4.78 is 47.4. The van der Waals surface area contributed by atoms with Gasteiger partial charge < -0.3 is 16.0 Å². The maximum atomic E-state index is 13.2. The van der Waals surface area contributed by atoms with Crippen LogP contribution < -0.4 is 16.0 Å². The number of alkyl halides is 3. The van der Waals surface area contributed by atoms with Gasteiger partial charge in [-0.3, -0.25) is 0 Å². The van der Waals surface area contributed by atoms with Crippen molar-refractivity contribution in [2.24, 2.45) is 5.92 Å². The highest BCUT2D eigenvalue weighted by Crippen LogP contribution is 2.34. The summed E-state index contributed by atoms with van der Waals surface area (Å²) in [5.41, 5.74) is 5.37. The van der Waals surface area contributed by atoms with E-state index in [4.69, 9.17) is 0 Å². The Bertz CT molecular complexity index is 723. The lowest BCUT2D eigenvalue weighted by Crippen LogP contribution is -2.20. The molecule has 1 aliphatic rings. The number of anilines is 2. The van der Waals surface area contributed by atoms with Crippen molar-refractivity contribution in [3.8, 4) is 0 Å². The quantitative estimate of drug-likeness (QED) is 0.211. The van der Waals surface area contributed by atoms with Gasteiger partial charge in [0.2, 0.25) is 0 Å². The zero-order valence-corrected chi connectivity index (χ0v) is 20.6. The lowest BCUT2D eigenvalue weighted by molar-refractivity contribution is -0.156. The van der Waals surface area contributed by atoms with E-state index in [1.807, 2.05) is 13.8 Å². The van der Waals surface area contributed by atoms with Gasteiger partial charge in [-0.2, -0.15) is 13.2 Å². The fraction of sp³-hybridized carbons (Fsp3) is 0.600. The van der Waals surface area contributed by atoms with Crippen LogP contribution in [0.5, 0.6) is 0 Å². The Morgan fingerprint density at radius 2 is 1.91 bits per heavy atom. The molecule has 32 heavy (non-hydrogen) atoms. The molecule has 1 aromatic rings. The third kappa shape index (κ3) is 10.5. The first-order chi connectivity index (χ1) is 15.0. The fourth-order valence-corrected chi connectivity index (χ4v) is 3.08. The van der Waals surface area contributed by atoms with Gasteiger partial charge in [0.15, 0.2) is 0 Å². The monoisotopic (exact) mass is 459 g/mol. The molecule has 2 atom stereocenters. The van der Waals surface area contributed by atoms with Gasteiger partial charge in [-0.05, 0) is 76.4 Å². The van der Waals surface area contributed by atoms with E-state index in [2.05, 4.69) is 48.5 Å². The van der Waals surface area contributed by atoms with Gasteiger partial charge in [0.05, 0.1) is 5.92 Å². The molecule has 0 spiro atoms. The molecule has 7 heteroatoms. The van der Waals surface area contributed by atoms with Crippen LogP contribution >= 0.6 is 0 Å². The van der Waals surface area contributed by atoms with E-state index >= 15 is 0 Å². The van der Waals surface area contributed by atoms with Crippen LogP contribution in [0.25, 0.3) is 0 Å². The highest BCUT2D eigenvalue weighted by atomic mass is 19.4. The molecule has 1 aromatic carbocycles. The van der Waals surface area contributed by atoms with Crippen molar-refractivity contribution < 1.29 is 17.6 Å². The van der Waals surface area contributed by atoms with Crippen molar-refractivity contribution in [1.82, 2.24) is 5.32 Å². The maximum absolute atomic E-state index is 13.2. The third-order valence-corrected chi connectivity index (χ3v) is 5.11. The number of rotatable bonds is 8. The third-order valence-electron chi connectivity index (χ3n) is 5.11. The van der Waals surface area contributed by atoms with E-state index in [0.29, 0.717) is 11.7 Å². The molecule has 3 N–H and O–H groups in total. The summed E-state index contributed by atoms with van der Waals surface area (Å²) in [4.78, 5) is 0. The smallest absolute Gasteiger partial charge is 0.382 e. The number of aryl methyl sites for hydroxylation is 1. The summed E-state index contributed by atoms with van der Waals surface area (Å²) in [6.07, 6.45) is 0.176. The van der Waals surface area contributed by atoms with Crippen LogP contribution in [0, 0.1) is 12.8 Å². The molecule has 184 valence electrons. The number of fused-ring (bicyclic) bond motifs is 1. The van der Waals surface area contributed by atoms with E-state index in [1.165, 1.54) is 36.6 Å². The van der Waals surface area contributed by atoms with Crippen LogP contribution in [0.3, 0.4) is 0 Å². The zero-order chi connectivity index (χ0) is 24.9. The van der Waals surface area contributed by atoms with E-state index in [0.717, 1.165) is 38.2 Å². The first kappa shape index (κ1) is 30.0. The Hall–Kier alpha value is -2.02. The molecule has 0 bridgehead atoms. The second-order valence-corrected chi connectivity index (χ2v) is 7.72. The van der Waals surface area contributed by atoms with Gasteiger partial charge in [0.25, 0.3) is 0 Å². The van der Waals surface area contributed by atoms with Gasteiger partial charge >= 0.3 is 6.18 Å². The Labute approximate surface area is 191 Å². The molecule has 0 amide bonds. The highest BCUT2D eigenvalue weighted by Gasteiger charge is 2.33. The average molecular weight is 460 g/mol. The molecule has 3 nitrogen and oxygen atoms in total. The zero-order valence-electron chi connectivity index (χ0n) is 20.6. The van der Waals surface area contributed by atoms with Crippen molar-refractivity contribution in [2.45, 2.75) is 79.9 Å². The predicted octanol–water partition coefficient (Wildman–Crippen LogP) is 7.75. The molecule has 1 aliphatic heterocycles. The maximum Gasteiger partial charge on any atom is 0.394 e. The predicted molar refractivity (Wildman–Crippen MR) is 130 cm³/mol. The molecule has 0 saturated heterocycles. The topological polar surface area (TPSA) is 36.1 Å². The van der Waals surface area contributed by atoms with E-state index in [1.54, 1.807) is 6.92 Å². The summed E-state index contributed by atoms with van der Waals surface area (Å²) in [6.45, 7) is 17.7. The normalized spacial score (nSPS) is 16.3. The molecule has 0 fully saturated rings. The van der Waals surface area contributed by atoms with Crippen LogP contribution in [0.1, 0.15) is 65.5 Å². The molecular formula is C25H41F4N3. The Balaban J connectivity index is 0.000000814. The fourth-order valence-electron chi connectivity index (χ4n) is 3.08. The standard InChI is InChI=1S/C18H28FN3.C5H7F3.C2H6/c1-5-20-8-6-7-16-10-15-11-17(21-14(4)13(3)19)9-12(2)18(15)22-16;1-3-4(2)5(6,7)8;1-2/h9,11,16,20-22H,5-8,10H2,1-4H3;3-4H,1H2,2H3;1-2H3/b14-13-;;/t16-;;/m0../s1.